The predicted molar refractivity (Wildman–Crippen MR) is 134 cm³/mol. The van der Waals surface area contributed by atoms with Gasteiger partial charge in [0, 0.05) is 29.1 Å². The molecule has 0 atom stereocenters. The summed E-state index contributed by atoms with van der Waals surface area (Å²) in [4.78, 5) is 30.3. The lowest BCUT2D eigenvalue weighted by Crippen LogP contribution is -2.26. The molecule has 0 aliphatic heterocycles. The maximum atomic E-state index is 13.1. The molecule has 4 aromatic rings. The van der Waals surface area contributed by atoms with Gasteiger partial charge in [0.05, 0.1) is 11.3 Å². The van der Waals surface area contributed by atoms with E-state index in [1.54, 1.807) is 10.6 Å². The highest BCUT2D eigenvalue weighted by molar-refractivity contribution is 7.99. The summed E-state index contributed by atoms with van der Waals surface area (Å²) in [7, 11) is 0. The molecule has 164 valence electrons. The van der Waals surface area contributed by atoms with E-state index in [2.05, 4.69) is 5.32 Å². The summed E-state index contributed by atoms with van der Waals surface area (Å²) in [6.45, 7) is 4.79. The van der Waals surface area contributed by atoms with Crippen molar-refractivity contribution in [1.82, 2.24) is 14.9 Å². The van der Waals surface area contributed by atoms with Gasteiger partial charge in [-0.3, -0.25) is 14.2 Å². The average molecular weight is 484 g/mol. The number of rotatable bonds is 7. The van der Waals surface area contributed by atoms with Crippen molar-refractivity contribution < 1.29 is 4.79 Å². The van der Waals surface area contributed by atoms with Gasteiger partial charge in [-0.2, -0.15) is 0 Å². The van der Waals surface area contributed by atoms with Crippen LogP contribution in [-0.4, -0.2) is 21.2 Å². The number of halogens is 1. The summed E-state index contributed by atoms with van der Waals surface area (Å²) in [5.74, 6) is 0.0165. The Labute approximate surface area is 199 Å². The molecule has 2 aromatic heterocycles. The van der Waals surface area contributed by atoms with Crippen molar-refractivity contribution in [2.45, 2.75) is 32.1 Å². The van der Waals surface area contributed by atoms with Crippen molar-refractivity contribution in [2.24, 2.45) is 0 Å². The molecule has 0 aliphatic carbocycles. The van der Waals surface area contributed by atoms with E-state index in [1.807, 2.05) is 61.7 Å². The van der Waals surface area contributed by atoms with Crippen molar-refractivity contribution in [1.29, 1.82) is 0 Å². The number of fused-ring (bicyclic) bond motifs is 1. The van der Waals surface area contributed by atoms with Crippen LogP contribution in [0.15, 0.2) is 63.9 Å². The third kappa shape index (κ3) is 4.75. The number of aryl methyl sites for hydroxylation is 1. The van der Waals surface area contributed by atoms with E-state index < -0.39 is 0 Å². The van der Waals surface area contributed by atoms with Crippen molar-refractivity contribution >= 4 is 50.8 Å². The molecule has 32 heavy (non-hydrogen) atoms. The van der Waals surface area contributed by atoms with Gasteiger partial charge in [0.2, 0.25) is 5.91 Å². The molecule has 0 bridgehead atoms. The maximum absolute atomic E-state index is 13.1. The molecule has 0 saturated heterocycles. The Hall–Kier alpha value is -2.61. The van der Waals surface area contributed by atoms with Crippen molar-refractivity contribution in [2.75, 3.05) is 5.75 Å². The molecule has 5 nitrogen and oxygen atoms in total. The lowest BCUT2D eigenvalue weighted by Gasteiger charge is -2.11. The van der Waals surface area contributed by atoms with Crippen LogP contribution >= 0.6 is 34.7 Å². The molecule has 1 N–H and O–H groups in total. The first-order chi connectivity index (χ1) is 15.5. The number of aromatic nitrogens is 2. The number of amides is 1. The Morgan fingerprint density at radius 1 is 1.19 bits per heavy atom. The Morgan fingerprint density at radius 2 is 1.94 bits per heavy atom. The Morgan fingerprint density at radius 3 is 2.66 bits per heavy atom. The molecule has 0 spiro atoms. The number of nitrogens with one attached hydrogen (secondary N) is 1. The van der Waals surface area contributed by atoms with Gasteiger partial charge in [-0.25, -0.2) is 4.98 Å². The first-order valence-corrected chi connectivity index (χ1v) is 12.4. The molecule has 0 saturated carbocycles. The molecule has 0 fully saturated rings. The first-order valence-electron chi connectivity index (χ1n) is 10.2. The summed E-state index contributed by atoms with van der Waals surface area (Å²) in [6.07, 6.45) is 0. The minimum absolute atomic E-state index is 0.0696. The third-order valence-corrected chi connectivity index (χ3v) is 7.39. The maximum Gasteiger partial charge on any atom is 0.272 e. The number of carbonyl (C=O) groups excluding carboxylic acids is 1. The van der Waals surface area contributed by atoms with Crippen LogP contribution in [0, 0.1) is 6.92 Å². The van der Waals surface area contributed by atoms with Gasteiger partial charge in [-0.05, 0) is 31.0 Å². The molecule has 0 aliphatic rings. The quantitative estimate of drug-likeness (QED) is 0.278. The molecular weight excluding hydrogens is 462 g/mol. The van der Waals surface area contributed by atoms with E-state index in [4.69, 9.17) is 16.6 Å². The average Bonchev–Trinajstić information content (AvgIpc) is 3.22. The molecule has 1 amide bonds. The number of thiophene rings is 1. The first kappa shape index (κ1) is 22.6. The fourth-order valence-electron chi connectivity index (χ4n) is 3.32. The number of hydrogen-bond acceptors (Lipinski definition) is 5. The van der Waals surface area contributed by atoms with Gasteiger partial charge in [0.1, 0.15) is 4.70 Å². The fraction of sp³-hybridized carbons (Fsp3) is 0.208. The van der Waals surface area contributed by atoms with E-state index in [9.17, 15) is 9.59 Å². The number of benzene rings is 2. The van der Waals surface area contributed by atoms with Crippen molar-refractivity contribution in [3.05, 3.63) is 80.4 Å². The van der Waals surface area contributed by atoms with Crippen LogP contribution in [0.4, 0.5) is 0 Å². The molecule has 8 heteroatoms. The van der Waals surface area contributed by atoms with E-state index in [0.29, 0.717) is 33.5 Å². The molecular formula is C24H22ClN3O2S2. The highest BCUT2D eigenvalue weighted by Crippen LogP contribution is 2.32. The zero-order chi connectivity index (χ0) is 22.7. The summed E-state index contributed by atoms with van der Waals surface area (Å²) in [5.41, 5.74) is 4.62. The Kier molecular flexibility index (Phi) is 6.98. The number of nitrogens with zero attached hydrogens (tertiary/aromatic N) is 2. The van der Waals surface area contributed by atoms with Crippen molar-refractivity contribution in [3.8, 4) is 11.1 Å². The van der Waals surface area contributed by atoms with Crippen LogP contribution in [0.2, 0.25) is 5.02 Å². The van der Waals surface area contributed by atoms with Crippen LogP contribution < -0.4 is 10.9 Å². The molecule has 4 rings (SSSR count). The van der Waals surface area contributed by atoms with Crippen LogP contribution in [0.1, 0.15) is 18.1 Å². The topological polar surface area (TPSA) is 64.0 Å². The van der Waals surface area contributed by atoms with Gasteiger partial charge in [-0.15, -0.1) is 11.3 Å². The van der Waals surface area contributed by atoms with Gasteiger partial charge < -0.3 is 5.32 Å². The minimum Gasteiger partial charge on any atom is -0.351 e. The second-order valence-corrected chi connectivity index (χ2v) is 9.52. The standard InChI is InChI=1S/C24H22ClN3O2S2/c1-3-28-23(30)22-21(18(13-31-22)16-10-8-15(2)9-11-16)27-24(28)32-14-20(29)26-12-17-6-4-5-7-19(17)25/h4-11,13H,3,12,14H2,1-2H3,(H,26,29). The zero-order valence-corrected chi connectivity index (χ0v) is 20.1. The Bertz CT molecular complexity index is 1330. The normalized spacial score (nSPS) is 11.1. The third-order valence-electron chi connectivity index (χ3n) is 5.09. The lowest BCUT2D eigenvalue weighted by atomic mass is 10.1. The lowest BCUT2D eigenvalue weighted by molar-refractivity contribution is -0.118. The van der Waals surface area contributed by atoms with Crippen LogP contribution in [0.25, 0.3) is 21.3 Å². The zero-order valence-electron chi connectivity index (χ0n) is 17.7. The molecule has 0 radical (unpaired) electrons. The minimum atomic E-state index is -0.143. The largest absolute Gasteiger partial charge is 0.351 e. The SMILES string of the molecule is CCn1c(SCC(=O)NCc2ccccc2Cl)nc2c(-c3ccc(C)cc3)csc2c1=O. The summed E-state index contributed by atoms with van der Waals surface area (Å²) in [6, 6.07) is 15.6. The monoisotopic (exact) mass is 483 g/mol. The van der Waals surface area contributed by atoms with Crippen LogP contribution in [0.3, 0.4) is 0 Å². The van der Waals surface area contributed by atoms with E-state index in [-0.39, 0.29) is 17.2 Å². The highest BCUT2D eigenvalue weighted by atomic mass is 35.5. The smallest absolute Gasteiger partial charge is 0.272 e. The summed E-state index contributed by atoms with van der Waals surface area (Å²) in [5, 5.41) is 6.03. The fourth-order valence-corrected chi connectivity index (χ4v) is 5.37. The number of thioether (sulfide) groups is 1. The van der Waals surface area contributed by atoms with Gasteiger partial charge in [-0.1, -0.05) is 71.4 Å². The summed E-state index contributed by atoms with van der Waals surface area (Å²) >= 11 is 8.83. The van der Waals surface area contributed by atoms with Gasteiger partial charge >= 0.3 is 0 Å². The van der Waals surface area contributed by atoms with Crippen LogP contribution in [0.5, 0.6) is 0 Å². The summed E-state index contributed by atoms with van der Waals surface area (Å²) < 4.78 is 2.26. The molecule has 2 aromatic carbocycles. The second-order valence-electron chi connectivity index (χ2n) is 7.29. The highest BCUT2D eigenvalue weighted by Gasteiger charge is 2.17. The van der Waals surface area contributed by atoms with Crippen molar-refractivity contribution in [3.63, 3.8) is 0 Å². The van der Waals surface area contributed by atoms with Gasteiger partial charge in [0.15, 0.2) is 5.16 Å². The molecule has 2 heterocycles. The number of hydrogen-bond donors (Lipinski definition) is 1. The Balaban J connectivity index is 1.57. The number of carbonyl (C=O) groups is 1. The van der Waals surface area contributed by atoms with E-state index in [0.717, 1.165) is 16.7 Å². The predicted octanol–water partition coefficient (Wildman–Crippen LogP) is 5.52. The molecule has 0 unspecified atom stereocenters. The van der Waals surface area contributed by atoms with Gasteiger partial charge in [0.25, 0.3) is 5.56 Å². The van der Waals surface area contributed by atoms with E-state index in [1.165, 1.54) is 28.7 Å². The van der Waals surface area contributed by atoms with Crippen LogP contribution in [-0.2, 0) is 17.9 Å². The second kappa shape index (κ2) is 9.90. The van der Waals surface area contributed by atoms with E-state index >= 15 is 0 Å².